The molecule has 0 bridgehead atoms. The highest BCUT2D eigenvalue weighted by Crippen LogP contribution is 2.47. The molecular formula is C19H31NSi. The van der Waals surface area contributed by atoms with Crippen LogP contribution in [-0.2, 0) is 0 Å². The lowest BCUT2D eigenvalue weighted by molar-refractivity contribution is 0.508. The lowest BCUT2D eigenvalue weighted by Crippen LogP contribution is -2.58. The quantitative estimate of drug-likeness (QED) is 0.728. The molecule has 0 heterocycles. The number of hydrogen-bond donors (Lipinski definition) is 1. The van der Waals surface area contributed by atoms with Crippen LogP contribution in [0.1, 0.15) is 62.4 Å². The van der Waals surface area contributed by atoms with E-state index < -0.39 is 8.24 Å². The van der Waals surface area contributed by atoms with Gasteiger partial charge in [0.15, 0.2) is 0 Å². The van der Waals surface area contributed by atoms with Crippen LogP contribution >= 0.6 is 0 Å². The number of hydrogen-bond acceptors (Lipinski definition) is 1. The van der Waals surface area contributed by atoms with E-state index in [4.69, 9.17) is 0 Å². The van der Waals surface area contributed by atoms with Crippen molar-refractivity contribution in [2.45, 2.75) is 72.6 Å². The molecule has 2 heteroatoms. The Labute approximate surface area is 131 Å². The van der Waals surface area contributed by atoms with E-state index in [9.17, 15) is 0 Å². The van der Waals surface area contributed by atoms with Gasteiger partial charge in [-0.1, -0.05) is 36.4 Å². The van der Waals surface area contributed by atoms with Crippen LogP contribution in [-0.4, -0.2) is 13.8 Å². The van der Waals surface area contributed by atoms with E-state index >= 15 is 0 Å². The van der Waals surface area contributed by atoms with Gasteiger partial charge >= 0.3 is 0 Å². The Morgan fingerprint density at radius 1 is 1.00 bits per heavy atom. The first-order valence-electron chi connectivity index (χ1n) is 8.02. The normalized spacial score (nSPS) is 19.2. The Hall–Kier alpha value is -0.863. The molecule has 21 heavy (non-hydrogen) atoms. The van der Waals surface area contributed by atoms with Crippen LogP contribution in [0.4, 0.5) is 0 Å². The molecule has 0 radical (unpaired) electrons. The first-order chi connectivity index (χ1) is 9.44. The molecule has 1 aromatic rings. The number of aryl methyl sites for hydroxylation is 2. The Morgan fingerprint density at radius 2 is 1.57 bits per heavy atom. The Bertz CT molecular complexity index is 603. The molecule has 0 amide bonds. The van der Waals surface area contributed by atoms with Gasteiger partial charge in [-0.3, -0.25) is 0 Å². The summed E-state index contributed by atoms with van der Waals surface area (Å²) < 4.78 is 0. The van der Waals surface area contributed by atoms with Gasteiger partial charge in [0.05, 0.1) is 0 Å². The molecule has 1 aliphatic rings. The molecule has 116 valence electrons. The molecule has 0 aromatic heterocycles. The van der Waals surface area contributed by atoms with Gasteiger partial charge in [0.1, 0.15) is 8.24 Å². The van der Waals surface area contributed by atoms with E-state index in [0.29, 0.717) is 5.54 Å². The van der Waals surface area contributed by atoms with Crippen LogP contribution in [0.15, 0.2) is 17.7 Å². The molecule has 0 saturated carbocycles. The van der Waals surface area contributed by atoms with Crippen molar-refractivity contribution in [2.24, 2.45) is 0 Å². The summed E-state index contributed by atoms with van der Waals surface area (Å²) in [6.45, 7) is 20.9. The highest BCUT2D eigenvalue weighted by molar-refractivity contribution is 6.77. The number of allylic oxidation sites excluding steroid dienone is 2. The minimum Gasteiger partial charge on any atom is -0.332 e. The summed E-state index contributed by atoms with van der Waals surface area (Å²) in [7, 11) is -1.62. The minimum absolute atomic E-state index is 0.172. The summed E-state index contributed by atoms with van der Waals surface area (Å²) in [5.74, 6) is 0. The first kappa shape index (κ1) is 16.5. The fraction of sp³-hybridized carbons (Fsp3) is 0.579. The standard InChI is InChI=1S/C19H31NSi/c1-12-10-13(2)17-14(3)15(4)18(16(17)11-12)21(8,9)20-19(5,6)7/h10-11,18,20H,1-9H3. The third-order valence-electron chi connectivity index (χ3n) is 4.64. The third-order valence-corrected chi connectivity index (χ3v) is 8.22. The molecule has 0 saturated heterocycles. The van der Waals surface area contributed by atoms with Crippen LogP contribution in [0.3, 0.4) is 0 Å². The highest BCUT2D eigenvalue weighted by Gasteiger charge is 2.42. The van der Waals surface area contributed by atoms with Crippen LogP contribution in [0, 0.1) is 13.8 Å². The predicted octanol–water partition coefficient (Wildman–Crippen LogP) is 5.33. The van der Waals surface area contributed by atoms with E-state index in [0.717, 1.165) is 0 Å². The van der Waals surface area contributed by atoms with E-state index in [2.05, 4.69) is 78.7 Å². The van der Waals surface area contributed by atoms with E-state index in [-0.39, 0.29) is 5.54 Å². The molecule has 0 aliphatic heterocycles. The van der Waals surface area contributed by atoms with Gasteiger partial charge < -0.3 is 4.98 Å². The van der Waals surface area contributed by atoms with E-state index in [1.807, 2.05) is 0 Å². The molecule has 2 rings (SSSR count). The summed E-state index contributed by atoms with van der Waals surface area (Å²) in [6, 6.07) is 4.75. The van der Waals surface area contributed by atoms with Crippen molar-refractivity contribution in [3.05, 3.63) is 40.0 Å². The molecule has 0 spiro atoms. The molecule has 1 unspecified atom stereocenters. The van der Waals surface area contributed by atoms with Gasteiger partial charge in [-0.05, 0) is 70.7 Å². The molecule has 0 fully saturated rings. The van der Waals surface area contributed by atoms with E-state index in [1.165, 1.54) is 22.3 Å². The average molecular weight is 302 g/mol. The smallest absolute Gasteiger partial charge is 0.131 e. The second-order valence-electron chi connectivity index (χ2n) is 8.38. The van der Waals surface area contributed by atoms with Gasteiger partial charge in [-0.25, -0.2) is 0 Å². The van der Waals surface area contributed by atoms with Gasteiger partial charge in [0.25, 0.3) is 0 Å². The zero-order valence-corrected chi connectivity index (χ0v) is 16.2. The van der Waals surface area contributed by atoms with Gasteiger partial charge in [-0.15, -0.1) is 0 Å². The first-order valence-corrected chi connectivity index (χ1v) is 11.1. The summed E-state index contributed by atoms with van der Waals surface area (Å²) in [6.07, 6.45) is 0. The average Bonchev–Trinajstić information content (AvgIpc) is 2.47. The number of fused-ring (bicyclic) bond motifs is 1. The van der Waals surface area contributed by atoms with Crippen LogP contribution < -0.4 is 4.98 Å². The van der Waals surface area contributed by atoms with Gasteiger partial charge in [0.2, 0.25) is 0 Å². The van der Waals surface area contributed by atoms with Crippen LogP contribution in [0.5, 0.6) is 0 Å². The topological polar surface area (TPSA) is 12.0 Å². The van der Waals surface area contributed by atoms with Crippen molar-refractivity contribution in [1.29, 1.82) is 0 Å². The number of nitrogens with one attached hydrogen (secondary N) is 1. The lowest BCUT2D eigenvalue weighted by atomic mass is 9.98. The SMILES string of the molecule is CC1=C(C)C([Si](C)(C)NC(C)(C)C)c2cc(C)cc(C)c21. The summed E-state index contributed by atoms with van der Waals surface area (Å²) in [5.41, 5.74) is 9.74. The second-order valence-corrected chi connectivity index (χ2v) is 12.7. The molecule has 1 aliphatic carbocycles. The largest absolute Gasteiger partial charge is 0.332 e. The molecule has 1 atom stereocenters. The number of benzene rings is 1. The molecule has 1 aromatic carbocycles. The predicted molar refractivity (Wildman–Crippen MR) is 97.3 cm³/mol. The minimum atomic E-state index is -1.62. The van der Waals surface area contributed by atoms with Crippen molar-refractivity contribution in [3.8, 4) is 0 Å². The number of rotatable bonds is 2. The second kappa shape index (κ2) is 5.10. The maximum Gasteiger partial charge on any atom is 0.131 e. The summed E-state index contributed by atoms with van der Waals surface area (Å²) >= 11 is 0. The van der Waals surface area contributed by atoms with E-state index in [1.54, 1.807) is 11.1 Å². The van der Waals surface area contributed by atoms with Crippen molar-refractivity contribution in [1.82, 2.24) is 4.98 Å². The van der Waals surface area contributed by atoms with Crippen molar-refractivity contribution in [3.63, 3.8) is 0 Å². The van der Waals surface area contributed by atoms with Crippen LogP contribution in [0.2, 0.25) is 13.1 Å². The monoisotopic (exact) mass is 301 g/mol. The highest BCUT2D eigenvalue weighted by atomic mass is 28.3. The zero-order valence-electron chi connectivity index (χ0n) is 15.2. The summed E-state index contributed by atoms with van der Waals surface area (Å²) in [5, 5.41) is 0. The van der Waals surface area contributed by atoms with Crippen molar-refractivity contribution >= 4 is 13.8 Å². The maximum atomic E-state index is 3.97. The lowest BCUT2D eigenvalue weighted by Gasteiger charge is -2.39. The fourth-order valence-electron chi connectivity index (χ4n) is 4.36. The molecule has 1 N–H and O–H groups in total. The Morgan fingerprint density at radius 3 is 2.10 bits per heavy atom. The van der Waals surface area contributed by atoms with Crippen molar-refractivity contribution < 1.29 is 0 Å². The Kier molecular flexibility index (Phi) is 4.01. The third kappa shape index (κ3) is 3.02. The van der Waals surface area contributed by atoms with Crippen LogP contribution in [0.25, 0.3) is 5.57 Å². The van der Waals surface area contributed by atoms with Gasteiger partial charge in [0, 0.05) is 11.1 Å². The van der Waals surface area contributed by atoms with Gasteiger partial charge in [-0.2, -0.15) is 0 Å². The molecular weight excluding hydrogens is 270 g/mol. The van der Waals surface area contributed by atoms with Crippen molar-refractivity contribution in [2.75, 3.05) is 0 Å². The Balaban J connectivity index is 2.58. The molecule has 1 nitrogen and oxygen atoms in total. The zero-order chi connectivity index (χ0) is 16.2. The fourth-order valence-corrected chi connectivity index (χ4v) is 8.74. The maximum absolute atomic E-state index is 3.97. The summed E-state index contributed by atoms with van der Waals surface area (Å²) in [4.78, 5) is 3.97.